The Hall–Kier alpha value is -1.79. The third-order valence-corrected chi connectivity index (χ3v) is 5.28. The van der Waals surface area contributed by atoms with Crippen LogP contribution in [0.15, 0.2) is 24.3 Å². The number of hydrogen-bond donors (Lipinski definition) is 2. The molecule has 0 bridgehead atoms. The predicted molar refractivity (Wildman–Crippen MR) is 112 cm³/mol. The third kappa shape index (κ3) is 5.84. The van der Waals surface area contributed by atoms with Crippen molar-refractivity contribution >= 4 is 23.5 Å². The number of anilines is 2. The molecule has 1 aliphatic heterocycles. The fourth-order valence-corrected chi connectivity index (χ4v) is 3.89. The molecule has 0 spiro atoms. The average Bonchev–Trinajstić information content (AvgIpc) is 3.06. The first-order valence-corrected chi connectivity index (χ1v) is 10.1. The SMILES string of the molecule is CC(C)(C)CN(CCc1ccc(Cl)cc1)C1CCN(c2n[nH]c(N)n2)CC1. The minimum Gasteiger partial charge on any atom is -0.368 e. The van der Waals surface area contributed by atoms with Crippen LogP contribution in [0.3, 0.4) is 0 Å². The molecule has 27 heavy (non-hydrogen) atoms. The van der Waals surface area contributed by atoms with E-state index in [2.05, 4.69) is 57.9 Å². The highest BCUT2D eigenvalue weighted by atomic mass is 35.5. The molecule has 2 heterocycles. The molecule has 0 saturated carbocycles. The molecule has 0 aliphatic carbocycles. The fraction of sp³-hybridized carbons (Fsp3) is 0.600. The smallest absolute Gasteiger partial charge is 0.246 e. The van der Waals surface area contributed by atoms with Crippen LogP contribution < -0.4 is 10.6 Å². The molecule has 0 radical (unpaired) electrons. The number of aromatic nitrogens is 3. The highest BCUT2D eigenvalue weighted by Crippen LogP contribution is 2.24. The second-order valence-corrected chi connectivity index (χ2v) is 9.08. The third-order valence-electron chi connectivity index (χ3n) is 5.03. The highest BCUT2D eigenvalue weighted by molar-refractivity contribution is 6.30. The van der Waals surface area contributed by atoms with Crippen LogP contribution >= 0.6 is 11.6 Å². The number of nitrogen functional groups attached to an aromatic ring is 1. The molecule has 1 saturated heterocycles. The minimum absolute atomic E-state index is 0.273. The van der Waals surface area contributed by atoms with Crippen molar-refractivity contribution in [2.75, 3.05) is 36.8 Å². The van der Waals surface area contributed by atoms with Crippen LogP contribution in [0.25, 0.3) is 0 Å². The van der Waals surface area contributed by atoms with Crippen molar-refractivity contribution in [3.63, 3.8) is 0 Å². The van der Waals surface area contributed by atoms with Crippen molar-refractivity contribution in [1.29, 1.82) is 0 Å². The summed E-state index contributed by atoms with van der Waals surface area (Å²) in [5, 5.41) is 7.72. The summed E-state index contributed by atoms with van der Waals surface area (Å²) < 4.78 is 0. The number of nitrogens with one attached hydrogen (secondary N) is 1. The van der Waals surface area contributed by atoms with Crippen molar-refractivity contribution in [3.8, 4) is 0 Å². The number of rotatable bonds is 6. The Morgan fingerprint density at radius 1 is 1.22 bits per heavy atom. The minimum atomic E-state index is 0.273. The van der Waals surface area contributed by atoms with Gasteiger partial charge in [0.25, 0.3) is 0 Å². The number of halogens is 1. The molecule has 7 heteroatoms. The second kappa shape index (κ2) is 8.48. The van der Waals surface area contributed by atoms with E-state index in [1.165, 1.54) is 5.56 Å². The summed E-state index contributed by atoms with van der Waals surface area (Å²) in [5.41, 5.74) is 7.27. The van der Waals surface area contributed by atoms with Gasteiger partial charge in [-0.15, -0.1) is 5.10 Å². The van der Waals surface area contributed by atoms with E-state index in [4.69, 9.17) is 17.3 Å². The van der Waals surface area contributed by atoms with Gasteiger partial charge < -0.3 is 10.6 Å². The number of H-pyrrole nitrogens is 1. The Labute approximate surface area is 167 Å². The molecule has 0 unspecified atom stereocenters. The highest BCUT2D eigenvalue weighted by Gasteiger charge is 2.28. The summed E-state index contributed by atoms with van der Waals surface area (Å²) in [6.45, 7) is 11.0. The van der Waals surface area contributed by atoms with Crippen molar-refractivity contribution in [2.45, 2.75) is 46.1 Å². The lowest BCUT2D eigenvalue weighted by atomic mass is 9.93. The zero-order valence-corrected chi connectivity index (χ0v) is 17.3. The fourth-order valence-electron chi connectivity index (χ4n) is 3.76. The van der Waals surface area contributed by atoms with Crippen LogP contribution in [0.4, 0.5) is 11.9 Å². The van der Waals surface area contributed by atoms with E-state index in [0.29, 0.717) is 12.0 Å². The molecule has 1 aliphatic rings. The molecule has 148 valence electrons. The molecule has 1 fully saturated rings. The average molecular weight is 391 g/mol. The van der Waals surface area contributed by atoms with Gasteiger partial charge in [0.05, 0.1) is 0 Å². The lowest BCUT2D eigenvalue weighted by Crippen LogP contribution is -2.48. The zero-order chi connectivity index (χ0) is 19.4. The Bertz CT molecular complexity index is 713. The van der Waals surface area contributed by atoms with Crippen molar-refractivity contribution in [3.05, 3.63) is 34.9 Å². The van der Waals surface area contributed by atoms with Gasteiger partial charge in [-0.2, -0.15) is 4.98 Å². The standard InChI is InChI=1S/C20H31ClN6/c1-20(2,3)14-27(11-8-15-4-6-16(21)7-5-15)17-9-12-26(13-10-17)19-23-18(22)24-25-19/h4-7,17H,8-14H2,1-3H3,(H3,22,23,24,25). The van der Waals surface area contributed by atoms with E-state index in [1.807, 2.05) is 12.1 Å². The van der Waals surface area contributed by atoms with Gasteiger partial charge in [-0.25, -0.2) is 5.10 Å². The van der Waals surface area contributed by atoms with E-state index in [9.17, 15) is 0 Å². The van der Waals surface area contributed by atoms with Crippen molar-refractivity contribution < 1.29 is 0 Å². The molecule has 3 N–H and O–H groups in total. The first kappa shape index (κ1) is 20.0. The maximum absolute atomic E-state index is 6.01. The lowest BCUT2D eigenvalue weighted by Gasteiger charge is -2.41. The molecule has 2 aromatic rings. The van der Waals surface area contributed by atoms with E-state index in [0.717, 1.165) is 56.4 Å². The number of aromatic amines is 1. The number of hydrogen-bond acceptors (Lipinski definition) is 5. The zero-order valence-electron chi connectivity index (χ0n) is 16.6. The maximum atomic E-state index is 6.01. The van der Waals surface area contributed by atoms with Gasteiger partial charge in [-0.3, -0.25) is 4.90 Å². The number of nitrogens with zero attached hydrogens (tertiary/aromatic N) is 4. The van der Waals surface area contributed by atoms with Gasteiger partial charge in [-0.05, 0) is 42.4 Å². The normalized spacial score (nSPS) is 16.3. The van der Waals surface area contributed by atoms with Crippen LogP contribution in [-0.4, -0.2) is 52.3 Å². The quantitative estimate of drug-likeness (QED) is 0.788. The van der Waals surface area contributed by atoms with Gasteiger partial charge in [-0.1, -0.05) is 44.5 Å². The number of nitrogens with two attached hydrogens (primary N) is 1. The first-order chi connectivity index (χ1) is 12.8. The van der Waals surface area contributed by atoms with E-state index >= 15 is 0 Å². The van der Waals surface area contributed by atoms with Crippen LogP contribution in [0, 0.1) is 5.41 Å². The molecular formula is C20H31ClN6. The van der Waals surface area contributed by atoms with Crippen molar-refractivity contribution in [2.24, 2.45) is 5.41 Å². The summed E-state index contributed by atoms with van der Waals surface area (Å²) in [6.07, 6.45) is 3.28. The summed E-state index contributed by atoms with van der Waals surface area (Å²) in [5.74, 6) is 1.10. The number of piperidine rings is 1. The molecule has 0 amide bonds. The summed E-state index contributed by atoms with van der Waals surface area (Å²) in [7, 11) is 0. The van der Waals surface area contributed by atoms with Gasteiger partial charge in [0, 0.05) is 37.2 Å². The van der Waals surface area contributed by atoms with E-state index < -0.39 is 0 Å². The molecule has 6 nitrogen and oxygen atoms in total. The Morgan fingerprint density at radius 2 is 1.89 bits per heavy atom. The first-order valence-electron chi connectivity index (χ1n) is 9.71. The van der Waals surface area contributed by atoms with Gasteiger partial charge in [0.1, 0.15) is 0 Å². The Balaban J connectivity index is 1.60. The van der Waals surface area contributed by atoms with Crippen LogP contribution in [-0.2, 0) is 6.42 Å². The van der Waals surface area contributed by atoms with E-state index in [-0.39, 0.29) is 5.41 Å². The van der Waals surface area contributed by atoms with Gasteiger partial charge in [0.15, 0.2) is 0 Å². The largest absolute Gasteiger partial charge is 0.368 e. The van der Waals surface area contributed by atoms with Gasteiger partial charge >= 0.3 is 0 Å². The van der Waals surface area contributed by atoms with Crippen LogP contribution in [0.5, 0.6) is 0 Å². The summed E-state index contributed by atoms with van der Waals surface area (Å²) >= 11 is 6.01. The van der Waals surface area contributed by atoms with Crippen LogP contribution in [0.2, 0.25) is 5.02 Å². The molecule has 1 aromatic heterocycles. The molecule has 3 rings (SSSR count). The summed E-state index contributed by atoms with van der Waals surface area (Å²) in [4.78, 5) is 9.14. The molecule has 0 atom stereocenters. The predicted octanol–water partition coefficient (Wildman–Crippen LogP) is 3.60. The number of benzene rings is 1. The van der Waals surface area contributed by atoms with Crippen LogP contribution in [0.1, 0.15) is 39.2 Å². The van der Waals surface area contributed by atoms with E-state index in [1.54, 1.807) is 0 Å². The molecular weight excluding hydrogens is 360 g/mol. The Kier molecular flexibility index (Phi) is 6.27. The summed E-state index contributed by atoms with van der Waals surface area (Å²) in [6, 6.07) is 8.81. The maximum Gasteiger partial charge on any atom is 0.246 e. The monoisotopic (exact) mass is 390 g/mol. The lowest BCUT2D eigenvalue weighted by molar-refractivity contribution is 0.121. The van der Waals surface area contributed by atoms with Gasteiger partial charge in [0.2, 0.25) is 11.9 Å². The molecule has 1 aromatic carbocycles. The topological polar surface area (TPSA) is 74.1 Å². The Morgan fingerprint density at radius 3 is 2.44 bits per heavy atom. The second-order valence-electron chi connectivity index (χ2n) is 8.65. The van der Waals surface area contributed by atoms with Crippen molar-refractivity contribution in [1.82, 2.24) is 20.1 Å².